The third-order valence-corrected chi connectivity index (χ3v) is 6.63. The number of hydrogen-bond donors (Lipinski definition) is 1. The van der Waals surface area contributed by atoms with Crippen LogP contribution >= 0.6 is 22.7 Å². The van der Waals surface area contributed by atoms with Gasteiger partial charge >= 0.3 is 12.1 Å². The molecule has 0 unspecified atom stereocenters. The summed E-state index contributed by atoms with van der Waals surface area (Å²) in [5, 5.41) is 4.21. The van der Waals surface area contributed by atoms with Crippen molar-refractivity contribution in [3.05, 3.63) is 40.0 Å². The number of ether oxygens (including phenoxy) is 2. The molecule has 3 aromatic rings. The van der Waals surface area contributed by atoms with E-state index in [2.05, 4.69) is 10.3 Å². The molecule has 1 N–H and O–H groups in total. The lowest BCUT2D eigenvalue weighted by atomic mass is 10.0. The van der Waals surface area contributed by atoms with Gasteiger partial charge in [0.15, 0.2) is 5.13 Å². The molecule has 29 heavy (non-hydrogen) atoms. The van der Waals surface area contributed by atoms with Gasteiger partial charge in [-0.2, -0.15) is 0 Å². The van der Waals surface area contributed by atoms with Crippen LogP contribution in [0.5, 0.6) is 0 Å². The molecule has 3 heterocycles. The molecule has 0 radical (unpaired) electrons. The molecular formula is C19H18FN3O4S2. The first-order chi connectivity index (χ1) is 14.0. The number of thiazole rings is 1. The highest BCUT2D eigenvalue weighted by atomic mass is 32.1. The van der Waals surface area contributed by atoms with E-state index in [-0.39, 0.29) is 11.6 Å². The van der Waals surface area contributed by atoms with Gasteiger partial charge in [0.05, 0.1) is 30.5 Å². The van der Waals surface area contributed by atoms with Crippen LogP contribution in [0.2, 0.25) is 0 Å². The van der Waals surface area contributed by atoms with E-state index >= 15 is 0 Å². The molecule has 2 aromatic heterocycles. The highest BCUT2D eigenvalue weighted by molar-refractivity contribution is 7.23. The summed E-state index contributed by atoms with van der Waals surface area (Å²) in [6.07, 6.45) is 0.146. The summed E-state index contributed by atoms with van der Waals surface area (Å²) in [7, 11) is 1.33. The van der Waals surface area contributed by atoms with Crippen LogP contribution in [0.1, 0.15) is 27.7 Å². The molecule has 0 saturated carbocycles. The topological polar surface area (TPSA) is 80.8 Å². The number of esters is 1. The van der Waals surface area contributed by atoms with Crippen LogP contribution in [0.25, 0.3) is 10.2 Å². The fourth-order valence-corrected chi connectivity index (χ4v) is 5.45. The predicted molar refractivity (Wildman–Crippen MR) is 110 cm³/mol. The smallest absolute Gasteiger partial charge is 0.410 e. The Hall–Kier alpha value is -2.72. The van der Waals surface area contributed by atoms with Gasteiger partial charge in [0, 0.05) is 11.4 Å². The van der Waals surface area contributed by atoms with Gasteiger partial charge in [0.1, 0.15) is 16.3 Å². The zero-order valence-corrected chi connectivity index (χ0v) is 17.4. The van der Waals surface area contributed by atoms with Crippen molar-refractivity contribution in [3.8, 4) is 0 Å². The number of methoxy groups -OCH3 is 1. The Labute approximate surface area is 174 Å². The van der Waals surface area contributed by atoms with Crippen LogP contribution in [0, 0.1) is 5.82 Å². The maximum atomic E-state index is 14.0. The third kappa shape index (κ3) is 3.65. The molecule has 0 fully saturated rings. The zero-order chi connectivity index (χ0) is 20.5. The molecule has 0 aliphatic carbocycles. The molecule has 7 nitrogen and oxygen atoms in total. The molecule has 0 saturated heterocycles. The highest BCUT2D eigenvalue weighted by Crippen LogP contribution is 2.40. The van der Waals surface area contributed by atoms with Crippen molar-refractivity contribution in [1.82, 2.24) is 9.88 Å². The summed E-state index contributed by atoms with van der Waals surface area (Å²) in [5.74, 6) is -0.850. The second kappa shape index (κ2) is 7.96. The van der Waals surface area contributed by atoms with Crippen LogP contribution < -0.4 is 5.32 Å². The lowest BCUT2D eigenvalue weighted by molar-refractivity contribution is 0.0600. The molecule has 0 bridgehead atoms. The summed E-state index contributed by atoms with van der Waals surface area (Å²) < 4.78 is 24.7. The van der Waals surface area contributed by atoms with Gasteiger partial charge in [0.25, 0.3) is 0 Å². The zero-order valence-electron chi connectivity index (χ0n) is 15.8. The second-order valence-electron chi connectivity index (χ2n) is 6.30. The van der Waals surface area contributed by atoms with Crippen molar-refractivity contribution in [3.63, 3.8) is 0 Å². The first kappa shape index (κ1) is 19.6. The molecule has 0 atom stereocenters. The monoisotopic (exact) mass is 435 g/mol. The van der Waals surface area contributed by atoms with Crippen LogP contribution in [0.4, 0.5) is 19.3 Å². The summed E-state index contributed by atoms with van der Waals surface area (Å²) in [4.78, 5) is 31.3. The van der Waals surface area contributed by atoms with Gasteiger partial charge in [0.2, 0.25) is 0 Å². The number of benzene rings is 1. The number of rotatable bonds is 4. The number of halogens is 1. The van der Waals surface area contributed by atoms with Gasteiger partial charge in [-0.3, -0.25) is 0 Å². The number of nitrogens with one attached hydrogen (secondary N) is 1. The average molecular weight is 436 g/mol. The van der Waals surface area contributed by atoms with Crippen LogP contribution in [-0.4, -0.2) is 42.2 Å². The number of carbonyl (C=O) groups is 2. The number of carbonyl (C=O) groups excluding carboxylic acids is 2. The number of nitrogens with zero attached hydrogens (tertiary/aromatic N) is 2. The Morgan fingerprint density at radius 3 is 2.90 bits per heavy atom. The Balaban J connectivity index is 1.68. The average Bonchev–Trinajstić information content (AvgIpc) is 3.28. The minimum atomic E-state index is -0.457. The Kier molecular flexibility index (Phi) is 5.37. The molecule has 152 valence electrons. The van der Waals surface area contributed by atoms with Crippen LogP contribution in [0.15, 0.2) is 18.2 Å². The summed E-state index contributed by atoms with van der Waals surface area (Å²) >= 11 is 2.67. The lowest BCUT2D eigenvalue weighted by Gasteiger charge is -2.26. The first-order valence-corrected chi connectivity index (χ1v) is 10.6. The SMILES string of the molecule is CCOC(=O)N1CCc2c(sc(Nc3nc4c(F)cccc4s3)c2C(=O)OC)C1. The number of hydrogen-bond acceptors (Lipinski definition) is 8. The van der Waals surface area contributed by atoms with Crippen molar-refractivity contribution in [1.29, 1.82) is 0 Å². The quantitative estimate of drug-likeness (QED) is 0.606. The Morgan fingerprint density at radius 1 is 1.34 bits per heavy atom. The Bertz CT molecular complexity index is 1090. The number of anilines is 2. The molecule has 0 spiro atoms. The number of amides is 1. The fraction of sp³-hybridized carbons (Fsp3) is 0.316. The summed E-state index contributed by atoms with van der Waals surface area (Å²) in [6, 6.07) is 4.78. The van der Waals surface area contributed by atoms with E-state index in [9.17, 15) is 14.0 Å². The molecule has 1 amide bonds. The van der Waals surface area contributed by atoms with Gasteiger partial charge in [-0.25, -0.2) is 19.0 Å². The van der Waals surface area contributed by atoms with Crippen molar-refractivity contribution in [2.45, 2.75) is 19.9 Å². The molecule has 1 aliphatic heterocycles. The van der Waals surface area contributed by atoms with E-state index in [4.69, 9.17) is 9.47 Å². The Morgan fingerprint density at radius 2 is 2.17 bits per heavy atom. The van der Waals surface area contributed by atoms with Gasteiger partial charge in [-0.15, -0.1) is 11.3 Å². The second-order valence-corrected chi connectivity index (χ2v) is 8.44. The minimum absolute atomic E-state index is 0.287. The van der Waals surface area contributed by atoms with Crippen molar-refractivity contribution in [2.24, 2.45) is 0 Å². The summed E-state index contributed by atoms with van der Waals surface area (Å²) in [5.41, 5.74) is 1.59. The highest BCUT2D eigenvalue weighted by Gasteiger charge is 2.31. The van der Waals surface area contributed by atoms with Gasteiger partial charge in [-0.05, 0) is 31.0 Å². The number of thiophene rings is 1. The third-order valence-electron chi connectivity index (χ3n) is 4.56. The molecule has 1 aromatic carbocycles. The number of para-hydroxylation sites is 1. The van der Waals surface area contributed by atoms with Crippen molar-refractivity contribution >= 4 is 55.1 Å². The maximum absolute atomic E-state index is 14.0. The molecular weight excluding hydrogens is 417 g/mol. The van der Waals surface area contributed by atoms with Crippen LogP contribution in [0.3, 0.4) is 0 Å². The summed E-state index contributed by atoms with van der Waals surface area (Å²) in [6.45, 7) is 2.88. The first-order valence-electron chi connectivity index (χ1n) is 8.98. The number of aromatic nitrogens is 1. The van der Waals surface area contributed by atoms with E-state index < -0.39 is 11.8 Å². The van der Waals surface area contributed by atoms with Gasteiger partial charge in [-0.1, -0.05) is 17.4 Å². The number of fused-ring (bicyclic) bond motifs is 2. The standard InChI is InChI=1S/C19H18FN3O4S2/c1-3-27-19(25)23-8-7-10-13(9-23)28-16(14(10)17(24)26-2)22-18-21-15-11(20)5-4-6-12(15)29-18/h4-6H,3,7-9H2,1-2H3,(H,21,22). The van der Waals surface area contributed by atoms with E-state index in [1.807, 2.05) is 0 Å². The lowest BCUT2D eigenvalue weighted by Crippen LogP contribution is -2.36. The van der Waals surface area contributed by atoms with Gasteiger partial charge < -0.3 is 19.7 Å². The van der Waals surface area contributed by atoms with E-state index in [0.29, 0.717) is 46.5 Å². The maximum Gasteiger partial charge on any atom is 0.410 e. The largest absolute Gasteiger partial charge is 0.465 e. The predicted octanol–water partition coefficient (Wildman–Crippen LogP) is 4.54. The molecule has 1 aliphatic rings. The molecule has 4 rings (SSSR count). The van der Waals surface area contributed by atoms with Crippen molar-refractivity contribution < 1.29 is 23.5 Å². The fourth-order valence-electron chi connectivity index (χ4n) is 3.25. The van der Waals surface area contributed by atoms with E-state index in [1.165, 1.54) is 35.8 Å². The van der Waals surface area contributed by atoms with Crippen LogP contribution in [-0.2, 0) is 22.4 Å². The van der Waals surface area contributed by atoms with E-state index in [1.54, 1.807) is 24.0 Å². The minimum Gasteiger partial charge on any atom is -0.465 e. The van der Waals surface area contributed by atoms with E-state index in [0.717, 1.165) is 10.4 Å². The normalized spacial score (nSPS) is 13.3. The molecule has 10 heteroatoms. The van der Waals surface area contributed by atoms with Crippen molar-refractivity contribution in [2.75, 3.05) is 25.6 Å².